The fourth-order valence-electron chi connectivity index (χ4n) is 2.25. The van der Waals surface area contributed by atoms with Crippen molar-refractivity contribution in [3.63, 3.8) is 0 Å². The second-order valence-corrected chi connectivity index (χ2v) is 6.79. The lowest BCUT2D eigenvalue weighted by Gasteiger charge is -2.09. The first kappa shape index (κ1) is 18.6. The highest BCUT2D eigenvalue weighted by Crippen LogP contribution is 2.28. The Kier molecular flexibility index (Phi) is 5.55. The van der Waals surface area contributed by atoms with Crippen LogP contribution in [0.2, 0.25) is 0 Å². The molecule has 27 heavy (non-hydrogen) atoms. The molecule has 0 radical (unpaired) electrons. The molecule has 0 fully saturated rings. The lowest BCUT2D eigenvalue weighted by molar-refractivity contribution is -0.114. The van der Waals surface area contributed by atoms with Crippen LogP contribution in [0.5, 0.6) is 0 Å². The topological polar surface area (TPSA) is 101 Å². The van der Waals surface area contributed by atoms with E-state index in [1.165, 1.54) is 18.3 Å². The van der Waals surface area contributed by atoms with Crippen LogP contribution in [0.3, 0.4) is 0 Å². The number of nitrogens with zero attached hydrogens (tertiary/aromatic N) is 7. The third kappa shape index (κ3) is 4.53. The van der Waals surface area contributed by atoms with Gasteiger partial charge < -0.3 is 10.2 Å². The second kappa shape index (κ2) is 8.04. The second-order valence-electron chi connectivity index (χ2n) is 5.86. The molecule has 1 amide bonds. The predicted octanol–water partition coefficient (Wildman–Crippen LogP) is 3.86. The van der Waals surface area contributed by atoms with Crippen molar-refractivity contribution in [2.24, 2.45) is 10.2 Å². The van der Waals surface area contributed by atoms with Crippen molar-refractivity contribution in [2.45, 2.75) is 20.8 Å². The summed E-state index contributed by atoms with van der Waals surface area (Å²) in [5.74, 6) is -0.122. The molecule has 0 aliphatic rings. The zero-order chi connectivity index (χ0) is 19.4. The molecule has 0 saturated carbocycles. The first-order chi connectivity index (χ1) is 13.0. The van der Waals surface area contributed by atoms with Gasteiger partial charge in [0.2, 0.25) is 11.0 Å². The Morgan fingerprint density at radius 1 is 1.33 bits per heavy atom. The minimum absolute atomic E-state index is 0.122. The van der Waals surface area contributed by atoms with Crippen molar-refractivity contribution in [3.05, 3.63) is 36.2 Å². The van der Waals surface area contributed by atoms with E-state index in [4.69, 9.17) is 0 Å². The summed E-state index contributed by atoms with van der Waals surface area (Å²) in [5, 5.41) is 25.1. The van der Waals surface area contributed by atoms with Gasteiger partial charge in [-0.25, -0.2) is 4.68 Å². The number of carbonyl (C=O) groups is 1. The Labute approximate surface area is 160 Å². The smallest absolute Gasteiger partial charge is 0.253 e. The molecule has 1 N–H and O–H groups in total. The molecule has 2 heterocycles. The third-order valence-electron chi connectivity index (χ3n) is 3.75. The molecule has 0 unspecified atom stereocenters. The van der Waals surface area contributed by atoms with Gasteiger partial charge in [-0.2, -0.15) is 5.10 Å². The summed E-state index contributed by atoms with van der Waals surface area (Å²) in [7, 11) is 1.95. The number of aryl methyl sites for hydroxylation is 1. The highest BCUT2D eigenvalue weighted by Gasteiger charge is 2.09. The summed E-state index contributed by atoms with van der Waals surface area (Å²) in [6.07, 6.45) is 1.78. The van der Waals surface area contributed by atoms with Gasteiger partial charge in [-0.3, -0.25) is 4.79 Å². The molecule has 9 nitrogen and oxygen atoms in total. The van der Waals surface area contributed by atoms with Gasteiger partial charge in [0.1, 0.15) is 5.69 Å². The van der Waals surface area contributed by atoms with Crippen LogP contribution in [0.1, 0.15) is 19.5 Å². The Bertz CT molecular complexity index is 977. The van der Waals surface area contributed by atoms with E-state index < -0.39 is 0 Å². The van der Waals surface area contributed by atoms with Gasteiger partial charge >= 0.3 is 0 Å². The number of anilines is 2. The molecule has 140 valence electrons. The van der Waals surface area contributed by atoms with E-state index in [1.54, 1.807) is 10.9 Å². The molecule has 0 saturated heterocycles. The number of hydrogen-bond acceptors (Lipinski definition) is 8. The molecule has 0 aliphatic carbocycles. The third-order valence-corrected chi connectivity index (χ3v) is 4.67. The Morgan fingerprint density at radius 3 is 2.89 bits per heavy atom. The van der Waals surface area contributed by atoms with E-state index in [0.29, 0.717) is 16.5 Å². The molecule has 10 heteroatoms. The molecule has 0 aliphatic heterocycles. The maximum Gasteiger partial charge on any atom is 0.253 e. The van der Waals surface area contributed by atoms with E-state index in [1.807, 2.05) is 50.1 Å². The molecule has 3 aromatic rings. The van der Waals surface area contributed by atoms with E-state index in [2.05, 4.69) is 30.8 Å². The molecule has 3 rings (SSSR count). The van der Waals surface area contributed by atoms with Gasteiger partial charge in [-0.1, -0.05) is 17.4 Å². The van der Waals surface area contributed by atoms with Crippen molar-refractivity contribution in [2.75, 3.05) is 23.8 Å². The van der Waals surface area contributed by atoms with Gasteiger partial charge in [0, 0.05) is 26.2 Å². The number of azo groups is 1. The first-order valence-corrected chi connectivity index (χ1v) is 9.18. The van der Waals surface area contributed by atoms with Gasteiger partial charge in [-0.15, -0.1) is 20.4 Å². The number of benzene rings is 1. The average Bonchev–Trinajstić information content (AvgIpc) is 3.26. The standard InChI is InChI=1S/C17H20N8OS/c1-5-24(4)17-22-21-16(27-17)20-19-15-10-25(23-11(15)2)14-8-6-7-13(9-14)18-12(3)26/h6-10H,5H2,1-4H3,(H,18,26). The summed E-state index contributed by atoms with van der Waals surface area (Å²) in [5.41, 5.74) is 2.89. The van der Waals surface area contributed by atoms with Crippen LogP contribution in [0.25, 0.3) is 5.69 Å². The molecule has 0 bridgehead atoms. The highest BCUT2D eigenvalue weighted by atomic mass is 32.1. The molecular formula is C17H20N8OS. The molecular weight excluding hydrogens is 364 g/mol. The van der Waals surface area contributed by atoms with Gasteiger partial charge in [0.15, 0.2) is 0 Å². The van der Waals surface area contributed by atoms with Crippen LogP contribution < -0.4 is 10.2 Å². The number of hydrogen-bond donors (Lipinski definition) is 1. The predicted molar refractivity (Wildman–Crippen MR) is 106 cm³/mol. The molecule has 0 atom stereocenters. The number of carbonyl (C=O) groups excluding carboxylic acids is 1. The SMILES string of the molecule is CCN(C)c1nnc(N=Nc2cn(-c3cccc(NC(C)=O)c3)nc2C)s1. The van der Waals surface area contributed by atoms with Crippen molar-refractivity contribution >= 4 is 38.9 Å². The fourth-order valence-corrected chi connectivity index (χ4v) is 2.94. The van der Waals surface area contributed by atoms with E-state index in [9.17, 15) is 4.79 Å². The van der Waals surface area contributed by atoms with E-state index in [0.717, 1.165) is 23.1 Å². The highest BCUT2D eigenvalue weighted by molar-refractivity contribution is 7.18. The van der Waals surface area contributed by atoms with Crippen LogP contribution in [0.4, 0.5) is 21.6 Å². The van der Waals surface area contributed by atoms with Crippen LogP contribution >= 0.6 is 11.3 Å². The summed E-state index contributed by atoms with van der Waals surface area (Å²) in [4.78, 5) is 13.2. The maximum absolute atomic E-state index is 11.2. The zero-order valence-corrected chi connectivity index (χ0v) is 16.4. The summed E-state index contributed by atoms with van der Waals surface area (Å²) in [6.45, 7) is 6.22. The molecule has 2 aromatic heterocycles. The van der Waals surface area contributed by atoms with Crippen LogP contribution in [0.15, 0.2) is 40.7 Å². The maximum atomic E-state index is 11.2. The van der Waals surface area contributed by atoms with Gasteiger partial charge in [0.25, 0.3) is 5.13 Å². The van der Waals surface area contributed by atoms with Crippen molar-refractivity contribution in [3.8, 4) is 5.69 Å². The lowest BCUT2D eigenvalue weighted by atomic mass is 10.3. The van der Waals surface area contributed by atoms with Crippen molar-refractivity contribution in [1.29, 1.82) is 0 Å². The van der Waals surface area contributed by atoms with Gasteiger partial charge in [-0.05, 0) is 32.0 Å². The van der Waals surface area contributed by atoms with Crippen molar-refractivity contribution < 1.29 is 4.79 Å². The van der Waals surface area contributed by atoms with Crippen LogP contribution in [-0.2, 0) is 4.79 Å². The molecule has 0 spiro atoms. The normalized spacial score (nSPS) is 11.1. The van der Waals surface area contributed by atoms with E-state index >= 15 is 0 Å². The van der Waals surface area contributed by atoms with Crippen LogP contribution in [0, 0.1) is 6.92 Å². The summed E-state index contributed by atoms with van der Waals surface area (Å²) >= 11 is 1.38. The quantitative estimate of drug-likeness (QED) is 0.650. The number of nitrogens with one attached hydrogen (secondary N) is 1. The summed E-state index contributed by atoms with van der Waals surface area (Å²) in [6, 6.07) is 7.41. The number of aromatic nitrogens is 4. The van der Waals surface area contributed by atoms with Crippen molar-refractivity contribution in [1.82, 2.24) is 20.0 Å². The minimum Gasteiger partial charge on any atom is -0.350 e. The number of rotatable bonds is 6. The largest absolute Gasteiger partial charge is 0.350 e. The average molecular weight is 384 g/mol. The molecule has 1 aromatic carbocycles. The Hall–Kier alpha value is -3.14. The Balaban J connectivity index is 1.80. The van der Waals surface area contributed by atoms with Crippen LogP contribution in [-0.4, -0.2) is 39.5 Å². The zero-order valence-electron chi connectivity index (χ0n) is 15.5. The van der Waals surface area contributed by atoms with E-state index in [-0.39, 0.29) is 5.91 Å². The Morgan fingerprint density at radius 2 is 2.15 bits per heavy atom. The minimum atomic E-state index is -0.122. The summed E-state index contributed by atoms with van der Waals surface area (Å²) < 4.78 is 1.70. The number of amides is 1. The lowest BCUT2D eigenvalue weighted by Crippen LogP contribution is -2.15. The fraction of sp³-hybridized carbons (Fsp3) is 0.294. The monoisotopic (exact) mass is 384 g/mol. The first-order valence-electron chi connectivity index (χ1n) is 8.37. The van der Waals surface area contributed by atoms with Gasteiger partial charge in [0.05, 0.1) is 17.6 Å².